The SMILES string of the molecule is CCCCCCCCCC(=O)C(CCCCCC=O)C(=O)N[C@H](CC(=O)O)C(=O)O. The van der Waals surface area contributed by atoms with Gasteiger partial charge in [0.1, 0.15) is 18.1 Å². The molecule has 0 aliphatic heterocycles. The number of unbranched alkanes of at least 4 members (excludes halogenated alkanes) is 9. The Morgan fingerprint density at radius 2 is 1.47 bits per heavy atom. The first kappa shape index (κ1) is 27.8. The molecule has 0 aromatic rings. The first-order chi connectivity index (χ1) is 14.3. The molecule has 0 aromatic heterocycles. The highest BCUT2D eigenvalue weighted by Gasteiger charge is 2.30. The van der Waals surface area contributed by atoms with Gasteiger partial charge < -0.3 is 20.3 Å². The summed E-state index contributed by atoms with van der Waals surface area (Å²) >= 11 is 0. The molecule has 0 bridgehead atoms. The van der Waals surface area contributed by atoms with Crippen LogP contribution in [0.15, 0.2) is 0 Å². The van der Waals surface area contributed by atoms with Crippen LogP contribution in [0.25, 0.3) is 0 Å². The molecule has 1 unspecified atom stereocenters. The molecule has 8 nitrogen and oxygen atoms in total. The summed E-state index contributed by atoms with van der Waals surface area (Å²) < 4.78 is 0. The van der Waals surface area contributed by atoms with E-state index in [-0.39, 0.29) is 18.6 Å². The number of aldehydes is 1. The lowest BCUT2D eigenvalue weighted by Crippen LogP contribution is -2.46. The lowest BCUT2D eigenvalue weighted by Gasteiger charge is -2.19. The molecule has 0 saturated heterocycles. The van der Waals surface area contributed by atoms with Gasteiger partial charge >= 0.3 is 11.9 Å². The maximum atomic E-state index is 12.6. The van der Waals surface area contributed by atoms with Crippen LogP contribution in [-0.4, -0.2) is 46.2 Å². The van der Waals surface area contributed by atoms with Gasteiger partial charge in [0.25, 0.3) is 0 Å². The lowest BCUT2D eigenvalue weighted by atomic mass is 9.91. The molecule has 8 heteroatoms. The largest absolute Gasteiger partial charge is 0.481 e. The van der Waals surface area contributed by atoms with Gasteiger partial charge in [-0.05, 0) is 19.3 Å². The van der Waals surface area contributed by atoms with Crippen molar-refractivity contribution in [2.45, 2.75) is 103 Å². The number of nitrogens with one attached hydrogen (secondary N) is 1. The Kier molecular flexibility index (Phi) is 16.3. The van der Waals surface area contributed by atoms with Crippen molar-refractivity contribution in [1.82, 2.24) is 5.32 Å². The Morgan fingerprint density at radius 3 is 2.03 bits per heavy atom. The van der Waals surface area contributed by atoms with Gasteiger partial charge in [-0.1, -0.05) is 58.3 Å². The van der Waals surface area contributed by atoms with E-state index in [1.165, 1.54) is 19.3 Å². The monoisotopic (exact) mass is 427 g/mol. The van der Waals surface area contributed by atoms with Crippen LogP contribution in [0.3, 0.4) is 0 Å². The molecule has 0 saturated carbocycles. The zero-order valence-electron chi connectivity index (χ0n) is 18.1. The number of carboxylic acids is 2. The normalized spacial score (nSPS) is 12.7. The van der Waals surface area contributed by atoms with Crippen LogP contribution >= 0.6 is 0 Å². The van der Waals surface area contributed by atoms with Gasteiger partial charge in [-0.3, -0.25) is 14.4 Å². The Bertz CT molecular complexity index is 548. The third-order valence-corrected chi connectivity index (χ3v) is 5.04. The first-order valence-corrected chi connectivity index (χ1v) is 11.0. The second kappa shape index (κ2) is 17.6. The average Bonchev–Trinajstić information content (AvgIpc) is 2.68. The molecule has 0 spiro atoms. The van der Waals surface area contributed by atoms with Crippen molar-refractivity contribution >= 4 is 29.9 Å². The Labute approximate surface area is 178 Å². The van der Waals surface area contributed by atoms with Crippen LogP contribution in [0.5, 0.6) is 0 Å². The van der Waals surface area contributed by atoms with Crippen LogP contribution in [-0.2, 0) is 24.0 Å². The number of ketones is 1. The predicted octanol–water partition coefficient (Wildman–Crippen LogP) is 3.51. The highest BCUT2D eigenvalue weighted by atomic mass is 16.4. The van der Waals surface area contributed by atoms with Gasteiger partial charge in [0, 0.05) is 12.8 Å². The molecule has 0 rings (SSSR count). The Hall–Kier alpha value is -2.25. The summed E-state index contributed by atoms with van der Waals surface area (Å²) in [6.45, 7) is 2.15. The van der Waals surface area contributed by atoms with Crippen molar-refractivity contribution in [1.29, 1.82) is 0 Å². The molecule has 30 heavy (non-hydrogen) atoms. The smallest absolute Gasteiger partial charge is 0.326 e. The van der Waals surface area contributed by atoms with Crippen LogP contribution in [0.2, 0.25) is 0 Å². The molecule has 0 radical (unpaired) electrons. The van der Waals surface area contributed by atoms with Gasteiger partial charge in [-0.2, -0.15) is 0 Å². The molecular weight excluding hydrogens is 390 g/mol. The van der Waals surface area contributed by atoms with Gasteiger partial charge in [-0.25, -0.2) is 4.79 Å². The predicted molar refractivity (Wildman–Crippen MR) is 112 cm³/mol. The highest BCUT2D eigenvalue weighted by molar-refractivity contribution is 6.02. The van der Waals surface area contributed by atoms with Crippen molar-refractivity contribution in [2.24, 2.45) is 5.92 Å². The molecule has 2 atom stereocenters. The lowest BCUT2D eigenvalue weighted by molar-refractivity contribution is -0.148. The Balaban J connectivity index is 4.74. The zero-order valence-corrected chi connectivity index (χ0v) is 18.1. The van der Waals surface area contributed by atoms with E-state index < -0.39 is 36.2 Å². The molecule has 172 valence electrons. The number of carboxylic acid groups (broad SMARTS) is 2. The standard InChI is InChI=1S/C22H37NO7/c1-2-3-4-5-6-7-11-14-19(25)17(13-10-8-9-12-15-24)21(28)23-18(22(29)30)16-20(26)27/h15,17-18H,2-14,16H2,1H3,(H,23,28)(H,26,27)(H,29,30)/t17?,18-/m1/s1. The molecule has 0 aliphatic carbocycles. The van der Waals surface area contributed by atoms with Crippen molar-refractivity contribution < 1.29 is 34.2 Å². The van der Waals surface area contributed by atoms with Crippen LogP contribution in [0, 0.1) is 5.92 Å². The van der Waals surface area contributed by atoms with E-state index in [1.54, 1.807) is 0 Å². The molecule has 1 amide bonds. The summed E-state index contributed by atoms with van der Waals surface area (Å²) in [7, 11) is 0. The van der Waals surface area contributed by atoms with Crippen molar-refractivity contribution in [3.8, 4) is 0 Å². The van der Waals surface area contributed by atoms with Gasteiger partial charge in [0.05, 0.1) is 12.3 Å². The minimum absolute atomic E-state index is 0.240. The molecule has 3 N–H and O–H groups in total. The second-order valence-corrected chi connectivity index (χ2v) is 7.69. The maximum absolute atomic E-state index is 12.6. The van der Waals surface area contributed by atoms with E-state index in [9.17, 15) is 24.0 Å². The summed E-state index contributed by atoms with van der Waals surface area (Å²) in [6, 6.07) is -1.57. The number of Topliss-reactive ketones (excluding diaryl/α,β-unsaturated/α-hetero) is 1. The van der Waals surface area contributed by atoms with Crippen molar-refractivity contribution in [3.05, 3.63) is 0 Å². The van der Waals surface area contributed by atoms with E-state index in [0.29, 0.717) is 32.1 Å². The highest BCUT2D eigenvalue weighted by Crippen LogP contribution is 2.17. The van der Waals surface area contributed by atoms with E-state index in [0.717, 1.165) is 25.5 Å². The number of hydrogen-bond donors (Lipinski definition) is 3. The van der Waals surface area contributed by atoms with E-state index >= 15 is 0 Å². The maximum Gasteiger partial charge on any atom is 0.326 e. The summed E-state index contributed by atoms with van der Waals surface area (Å²) in [5.74, 6) is -4.75. The second-order valence-electron chi connectivity index (χ2n) is 7.69. The van der Waals surface area contributed by atoms with E-state index in [1.807, 2.05) is 0 Å². The van der Waals surface area contributed by atoms with Crippen molar-refractivity contribution in [2.75, 3.05) is 0 Å². The minimum atomic E-state index is -1.57. The van der Waals surface area contributed by atoms with Crippen LogP contribution in [0.4, 0.5) is 0 Å². The average molecular weight is 428 g/mol. The van der Waals surface area contributed by atoms with E-state index in [4.69, 9.17) is 10.2 Å². The number of rotatable bonds is 20. The third-order valence-electron chi connectivity index (χ3n) is 5.04. The number of carbonyl (C=O) groups excluding carboxylic acids is 3. The number of aliphatic carboxylic acids is 2. The van der Waals surface area contributed by atoms with Crippen LogP contribution in [0.1, 0.15) is 96.8 Å². The summed E-state index contributed by atoms with van der Waals surface area (Å²) in [5, 5.41) is 20.2. The number of carbonyl (C=O) groups is 5. The fourth-order valence-corrected chi connectivity index (χ4v) is 3.27. The zero-order chi connectivity index (χ0) is 22.8. The molecule has 0 heterocycles. The quantitative estimate of drug-likeness (QED) is 0.153. The topological polar surface area (TPSA) is 138 Å². The van der Waals surface area contributed by atoms with Crippen molar-refractivity contribution in [3.63, 3.8) is 0 Å². The van der Waals surface area contributed by atoms with E-state index in [2.05, 4.69) is 12.2 Å². The minimum Gasteiger partial charge on any atom is -0.481 e. The summed E-state index contributed by atoms with van der Waals surface area (Å²) in [5.41, 5.74) is 0. The first-order valence-electron chi connectivity index (χ1n) is 11.0. The fourth-order valence-electron chi connectivity index (χ4n) is 3.27. The van der Waals surface area contributed by atoms with Gasteiger partial charge in [0.2, 0.25) is 5.91 Å². The molecule has 0 aromatic carbocycles. The third kappa shape index (κ3) is 13.8. The molecule has 0 fully saturated rings. The number of amides is 1. The fraction of sp³-hybridized carbons (Fsp3) is 0.773. The Morgan fingerprint density at radius 1 is 0.867 bits per heavy atom. The summed E-state index contributed by atoms with van der Waals surface area (Å²) in [6.07, 6.45) is 10.2. The van der Waals surface area contributed by atoms with Gasteiger partial charge in [-0.15, -0.1) is 0 Å². The number of hydrogen-bond acceptors (Lipinski definition) is 5. The van der Waals surface area contributed by atoms with Gasteiger partial charge in [0.15, 0.2) is 0 Å². The molecule has 0 aliphatic rings. The summed E-state index contributed by atoms with van der Waals surface area (Å²) in [4.78, 5) is 57.6. The van der Waals surface area contributed by atoms with Crippen LogP contribution < -0.4 is 5.32 Å². The molecular formula is C22H37NO7.